The maximum absolute atomic E-state index is 11.2. The predicted octanol–water partition coefficient (Wildman–Crippen LogP) is 1.19. The summed E-state index contributed by atoms with van der Waals surface area (Å²) in [5.41, 5.74) is -0.441. The average molecular weight is 186 g/mol. The molecule has 1 heterocycles. The Morgan fingerprint density at radius 1 is 1.69 bits per heavy atom. The molecule has 1 saturated heterocycles. The number of carboxylic acid groups (broad SMARTS) is 1. The fourth-order valence-corrected chi connectivity index (χ4v) is 1.45. The molecule has 74 valence electrons. The van der Waals surface area contributed by atoms with Crippen LogP contribution in [0.5, 0.6) is 0 Å². The second-order valence-electron chi connectivity index (χ2n) is 4.05. The van der Waals surface area contributed by atoms with E-state index in [1.54, 1.807) is 0 Å². The molecule has 1 aliphatic rings. The van der Waals surface area contributed by atoms with Gasteiger partial charge in [-0.1, -0.05) is 0 Å². The lowest BCUT2D eigenvalue weighted by atomic mass is 9.89. The maximum atomic E-state index is 11.2. The molecule has 4 nitrogen and oxygen atoms in total. The second kappa shape index (κ2) is 3.36. The quantitative estimate of drug-likeness (QED) is 0.672. The van der Waals surface area contributed by atoms with Gasteiger partial charge >= 0.3 is 11.9 Å². The van der Waals surface area contributed by atoms with Gasteiger partial charge in [0.2, 0.25) is 0 Å². The van der Waals surface area contributed by atoms with Crippen molar-refractivity contribution in [3.05, 3.63) is 0 Å². The van der Waals surface area contributed by atoms with Gasteiger partial charge in [-0.15, -0.1) is 0 Å². The molecule has 0 amide bonds. The fraction of sp³-hybridized carbons (Fsp3) is 0.778. The number of carbonyl (C=O) groups is 2. The molecule has 1 aliphatic heterocycles. The zero-order chi connectivity index (χ0) is 10.1. The standard InChI is InChI=1S/C9H14O4/c1-9(2)5-6(13-8(9)12)3-4-7(10)11/h6H,3-5H2,1-2H3,(H,10,11). The highest BCUT2D eigenvalue weighted by Gasteiger charge is 2.41. The summed E-state index contributed by atoms with van der Waals surface area (Å²) in [5.74, 6) is -1.07. The van der Waals surface area contributed by atoms with Crippen LogP contribution in [-0.4, -0.2) is 23.1 Å². The van der Waals surface area contributed by atoms with Gasteiger partial charge in [0.1, 0.15) is 6.10 Å². The third-order valence-electron chi connectivity index (χ3n) is 2.24. The first-order valence-electron chi connectivity index (χ1n) is 4.35. The molecule has 0 aliphatic carbocycles. The van der Waals surface area contributed by atoms with Crippen LogP contribution in [0.1, 0.15) is 33.1 Å². The Morgan fingerprint density at radius 3 is 2.69 bits per heavy atom. The van der Waals surface area contributed by atoms with Gasteiger partial charge in [0.05, 0.1) is 5.41 Å². The first-order chi connectivity index (χ1) is 5.92. The van der Waals surface area contributed by atoms with E-state index in [2.05, 4.69) is 0 Å². The van der Waals surface area contributed by atoms with Gasteiger partial charge in [0.25, 0.3) is 0 Å². The molecular formula is C9H14O4. The molecule has 0 spiro atoms. The lowest BCUT2D eigenvalue weighted by Crippen LogP contribution is -2.16. The van der Waals surface area contributed by atoms with Gasteiger partial charge in [0.15, 0.2) is 0 Å². The van der Waals surface area contributed by atoms with Crippen LogP contribution >= 0.6 is 0 Å². The molecule has 1 N–H and O–H groups in total. The first kappa shape index (κ1) is 10.0. The summed E-state index contributed by atoms with van der Waals surface area (Å²) in [4.78, 5) is 21.4. The van der Waals surface area contributed by atoms with Crippen LogP contribution in [0.25, 0.3) is 0 Å². The molecule has 1 unspecified atom stereocenters. The Labute approximate surface area is 76.9 Å². The summed E-state index contributed by atoms with van der Waals surface area (Å²) >= 11 is 0. The monoisotopic (exact) mass is 186 g/mol. The number of cyclic esters (lactones) is 1. The molecule has 1 rings (SSSR count). The van der Waals surface area contributed by atoms with Crippen LogP contribution in [-0.2, 0) is 14.3 Å². The average Bonchev–Trinajstić information content (AvgIpc) is 2.22. The van der Waals surface area contributed by atoms with Crippen molar-refractivity contribution >= 4 is 11.9 Å². The highest BCUT2D eigenvalue weighted by atomic mass is 16.6. The number of esters is 1. The summed E-state index contributed by atoms with van der Waals surface area (Å²) in [6.07, 6.45) is 0.899. The van der Waals surface area contributed by atoms with E-state index in [1.165, 1.54) is 0 Å². The van der Waals surface area contributed by atoms with E-state index in [4.69, 9.17) is 9.84 Å². The van der Waals surface area contributed by atoms with Gasteiger partial charge in [0, 0.05) is 6.42 Å². The van der Waals surface area contributed by atoms with E-state index in [-0.39, 0.29) is 18.5 Å². The summed E-state index contributed by atoms with van der Waals surface area (Å²) in [7, 11) is 0. The number of carbonyl (C=O) groups excluding carboxylic acids is 1. The van der Waals surface area contributed by atoms with Crippen molar-refractivity contribution in [3.63, 3.8) is 0 Å². The normalized spacial score (nSPS) is 25.7. The third kappa shape index (κ3) is 2.44. The van der Waals surface area contributed by atoms with Gasteiger partial charge < -0.3 is 9.84 Å². The molecule has 0 bridgehead atoms. The van der Waals surface area contributed by atoms with E-state index in [0.717, 1.165) is 0 Å². The van der Waals surface area contributed by atoms with E-state index in [9.17, 15) is 9.59 Å². The molecule has 0 radical (unpaired) electrons. The Kier molecular flexibility index (Phi) is 2.59. The molecule has 4 heteroatoms. The third-order valence-corrected chi connectivity index (χ3v) is 2.24. The molecule has 1 atom stereocenters. The highest BCUT2D eigenvalue weighted by Crippen LogP contribution is 2.34. The molecule has 0 aromatic rings. The molecule has 0 aromatic heterocycles. The number of carboxylic acids is 1. The van der Waals surface area contributed by atoms with Crippen LogP contribution < -0.4 is 0 Å². The Morgan fingerprint density at radius 2 is 2.31 bits per heavy atom. The fourth-order valence-electron chi connectivity index (χ4n) is 1.45. The number of rotatable bonds is 3. The molecule has 1 fully saturated rings. The minimum atomic E-state index is -0.847. The summed E-state index contributed by atoms with van der Waals surface area (Å²) < 4.78 is 5.02. The van der Waals surface area contributed by atoms with Crippen LogP contribution in [0, 0.1) is 5.41 Å². The number of hydrogen-bond donors (Lipinski definition) is 1. The van der Waals surface area contributed by atoms with E-state index >= 15 is 0 Å². The van der Waals surface area contributed by atoms with Crippen molar-refractivity contribution in [1.29, 1.82) is 0 Å². The zero-order valence-electron chi connectivity index (χ0n) is 7.87. The number of ether oxygens (including phenoxy) is 1. The van der Waals surface area contributed by atoms with Gasteiger partial charge in [-0.05, 0) is 26.7 Å². The van der Waals surface area contributed by atoms with Crippen LogP contribution in [0.3, 0.4) is 0 Å². The van der Waals surface area contributed by atoms with Crippen molar-refractivity contribution in [2.75, 3.05) is 0 Å². The summed E-state index contributed by atoms with van der Waals surface area (Å²) in [5, 5.41) is 8.43. The molecule has 0 saturated carbocycles. The SMILES string of the molecule is CC1(C)CC(CCC(=O)O)OC1=O. The van der Waals surface area contributed by atoms with Crippen molar-refractivity contribution in [2.24, 2.45) is 5.41 Å². The Hall–Kier alpha value is -1.06. The lowest BCUT2D eigenvalue weighted by molar-refractivity contribution is -0.148. The molecule has 13 heavy (non-hydrogen) atoms. The minimum Gasteiger partial charge on any atom is -0.481 e. The van der Waals surface area contributed by atoms with E-state index in [0.29, 0.717) is 12.8 Å². The largest absolute Gasteiger partial charge is 0.481 e. The second-order valence-corrected chi connectivity index (χ2v) is 4.05. The van der Waals surface area contributed by atoms with Gasteiger partial charge in [-0.25, -0.2) is 0 Å². The summed E-state index contributed by atoms with van der Waals surface area (Å²) in [6.45, 7) is 3.63. The van der Waals surface area contributed by atoms with Crippen molar-refractivity contribution in [1.82, 2.24) is 0 Å². The topological polar surface area (TPSA) is 63.6 Å². The Bertz CT molecular complexity index is 232. The smallest absolute Gasteiger partial charge is 0.311 e. The first-order valence-corrected chi connectivity index (χ1v) is 4.35. The minimum absolute atomic E-state index is 0.0635. The highest BCUT2D eigenvalue weighted by molar-refractivity contribution is 5.78. The van der Waals surface area contributed by atoms with Crippen LogP contribution in [0.4, 0.5) is 0 Å². The van der Waals surface area contributed by atoms with Gasteiger partial charge in [-0.3, -0.25) is 9.59 Å². The van der Waals surface area contributed by atoms with Crippen molar-refractivity contribution < 1.29 is 19.4 Å². The van der Waals surface area contributed by atoms with Crippen molar-refractivity contribution in [2.45, 2.75) is 39.2 Å². The zero-order valence-corrected chi connectivity index (χ0v) is 7.87. The molecular weight excluding hydrogens is 172 g/mol. The van der Waals surface area contributed by atoms with Crippen molar-refractivity contribution in [3.8, 4) is 0 Å². The van der Waals surface area contributed by atoms with E-state index < -0.39 is 11.4 Å². The maximum Gasteiger partial charge on any atom is 0.311 e. The van der Waals surface area contributed by atoms with Crippen LogP contribution in [0.15, 0.2) is 0 Å². The summed E-state index contributed by atoms with van der Waals surface area (Å²) in [6, 6.07) is 0. The Balaban J connectivity index is 2.41. The van der Waals surface area contributed by atoms with Crippen LogP contribution in [0.2, 0.25) is 0 Å². The van der Waals surface area contributed by atoms with E-state index in [1.807, 2.05) is 13.8 Å². The van der Waals surface area contributed by atoms with Gasteiger partial charge in [-0.2, -0.15) is 0 Å². The predicted molar refractivity (Wildman–Crippen MR) is 45.1 cm³/mol. The number of aliphatic carboxylic acids is 1. The molecule has 0 aromatic carbocycles. The number of hydrogen-bond acceptors (Lipinski definition) is 3. The lowest BCUT2D eigenvalue weighted by Gasteiger charge is -2.09.